The maximum absolute atomic E-state index is 11.0. The van der Waals surface area contributed by atoms with Crippen LogP contribution in [0.3, 0.4) is 0 Å². The molecule has 2 aromatic carbocycles. The summed E-state index contributed by atoms with van der Waals surface area (Å²) in [5.74, 6) is -1.06. The van der Waals surface area contributed by atoms with E-state index in [2.05, 4.69) is 9.97 Å². The largest absolute Gasteiger partial charge is 0.477 e. The third-order valence-electron chi connectivity index (χ3n) is 3.15. The summed E-state index contributed by atoms with van der Waals surface area (Å²) >= 11 is 0. The van der Waals surface area contributed by atoms with Crippen molar-refractivity contribution < 1.29 is 9.90 Å². The molecule has 0 spiro atoms. The molecule has 0 amide bonds. The summed E-state index contributed by atoms with van der Waals surface area (Å²) in [4.78, 5) is 18.9. The van der Waals surface area contributed by atoms with E-state index in [1.54, 1.807) is 0 Å². The summed E-state index contributed by atoms with van der Waals surface area (Å²) in [5.41, 5.74) is 3.61. The van der Waals surface area contributed by atoms with Crippen molar-refractivity contribution in [3.05, 3.63) is 72.7 Å². The Morgan fingerprint density at radius 2 is 1.52 bits per heavy atom. The molecule has 4 heteroatoms. The first-order chi connectivity index (χ1) is 10.2. The van der Waals surface area contributed by atoms with Crippen LogP contribution in [-0.2, 0) is 0 Å². The second kappa shape index (κ2) is 5.54. The zero-order valence-electron chi connectivity index (χ0n) is 11.1. The number of nitrogens with zero attached hydrogens (tertiary/aromatic N) is 2. The van der Waals surface area contributed by atoms with Crippen LogP contribution in [-0.4, -0.2) is 21.0 Å². The summed E-state index contributed by atoms with van der Waals surface area (Å²) in [5, 5.41) is 9.00. The minimum atomic E-state index is -1.06. The van der Waals surface area contributed by atoms with Gasteiger partial charge in [-0.1, -0.05) is 48.5 Å². The van der Waals surface area contributed by atoms with E-state index in [1.165, 1.54) is 12.4 Å². The fraction of sp³-hybridized carbons (Fsp3) is 0. The van der Waals surface area contributed by atoms with Crippen molar-refractivity contribution in [1.82, 2.24) is 9.97 Å². The van der Waals surface area contributed by atoms with Crippen LogP contribution < -0.4 is 0 Å². The van der Waals surface area contributed by atoms with E-state index in [0.29, 0.717) is 5.69 Å². The van der Waals surface area contributed by atoms with Crippen LogP contribution >= 0.6 is 0 Å². The maximum Gasteiger partial charge on any atom is 0.354 e. The van der Waals surface area contributed by atoms with Crippen LogP contribution in [0.4, 0.5) is 0 Å². The number of carboxylic acids is 1. The van der Waals surface area contributed by atoms with Gasteiger partial charge in [-0.2, -0.15) is 0 Å². The number of rotatable bonds is 3. The van der Waals surface area contributed by atoms with Gasteiger partial charge < -0.3 is 5.11 Å². The van der Waals surface area contributed by atoms with Gasteiger partial charge in [-0.25, -0.2) is 14.8 Å². The Labute approximate surface area is 121 Å². The number of aromatic carboxylic acids is 1. The minimum absolute atomic E-state index is 0.00915. The summed E-state index contributed by atoms with van der Waals surface area (Å²) < 4.78 is 0. The molecule has 0 aliphatic carbocycles. The molecule has 3 aromatic rings. The van der Waals surface area contributed by atoms with Gasteiger partial charge in [-0.15, -0.1) is 0 Å². The summed E-state index contributed by atoms with van der Waals surface area (Å²) in [7, 11) is 0. The monoisotopic (exact) mass is 276 g/mol. The normalized spacial score (nSPS) is 10.3. The van der Waals surface area contributed by atoms with Crippen LogP contribution in [0.1, 0.15) is 10.5 Å². The zero-order chi connectivity index (χ0) is 14.7. The molecule has 0 atom stereocenters. The van der Waals surface area contributed by atoms with E-state index in [-0.39, 0.29) is 5.69 Å². The highest BCUT2D eigenvalue weighted by Gasteiger charge is 2.08. The predicted octanol–water partition coefficient (Wildman–Crippen LogP) is 3.51. The molecule has 4 nitrogen and oxygen atoms in total. The van der Waals surface area contributed by atoms with Crippen LogP contribution in [0.25, 0.3) is 22.4 Å². The van der Waals surface area contributed by atoms with Gasteiger partial charge in [0.25, 0.3) is 0 Å². The van der Waals surface area contributed by atoms with E-state index >= 15 is 0 Å². The standard InChI is InChI=1S/C17H12N2O2/c20-17(21)16-10-15(18-11-19-16)14-8-4-7-13(9-14)12-5-2-1-3-6-12/h1-11H,(H,20,21). The van der Waals surface area contributed by atoms with Gasteiger partial charge in [-0.05, 0) is 23.3 Å². The lowest BCUT2D eigenvalue weighted by Crippen LogP contribution is -2.01. The highest BCUT2D eigenvalue weighted by Crippen LogP contribution is 2.25. The van der Waals surface area contributed by atoms with Crippen LogP contribution in [0.5, 0.6) is 0 Å². The minimum Gasteiger partial charge on any atom is -0.477 e. The molecule has 21 heavy (non-hydrogen) atoms. The zero-order valence-corrected chi connectivity index (χ0v) is 11.1. The second-order valence-electron chi connectivity index (χ2n) is 4.54. The molecule has 1 heterocycles. The number of hydrogen-bond acceptors (Lipinski definition) is 3. The van der Waals surface area contributed by atoms with Crippen molar-refractivity contribution in [2.24, 2.45) is 0 Å². The summed E-state index contributed by atoms with van der Waals surface area (Å²) in [6.45, 7) is 0. The van der Waals surface area contributed by atoms with Gasteiger partial charge in [0.15, 0.2) is 5.69 Å². The first-order valence-corrected chi connectivity index (χ1v) is 6.45. The Bertz CT molecular complexity index is 786. The molecular weight excluding hydrogens is 264 g/mol. The molecule has 102 valence electrons. The van der Waals surface area contributed by atoms with E-state index < -0.39 is 5.97 Å². The second-order valence-corrected chi connectivity index (χ2v) is 4.54. The molecule has 1 aromatic heterocycles. The van der Waals surface area contributed by atoms with Gasteiger partial charge in [-0.3, -0.25) is 0 Å². The summed E-state index contributed by atoms with van der Waals surface area (Å²) in [6.07, 6.45) is 1.27. The topological polar surface area (TPSA) is 63.1 Å². The molecule has 0 saturated carbocycles. The highest BCUT2D eigenvalue weighted by molar-refractivity contribution is 5.86. The Morgan fingerprint density at radius 1 is 0.810 bits per heavy atom. The van der Waals surface area contributed by atoms with Crippen LogP contribution in [0.15, 0.2) is 67.0 Å². The lowest BCUT2D eigenvalue weighted by molar-refractivity contribution is 0.0690. The van der Waals surface area contributed by atoms with Crippen LogP contribution in [0, 0.1) is 0 Å². The molecule has 0 aliphatic heterocycles. The van der Waals surface area contributed by atoms with Gasteiger partial charge in [0.1, 0.15) is 6.33 Å². The third kappa shape index (κ3) is 2.79. The molecule has 1 N–H and O–H groups in total. The van der Waals surface area contributed by atoms with E-state index in [9.17, 15) is 4.79 Å². The number of hydrogen-bond donors (Lipinski definition) is 1. The maximum atomic E-state index is 11.0. The highest BCUT2D eigenvalue weighted by atomic mass is 16.4. The SMILES string of the molecule is O=C(O)c1cc(-c2cccc(-c3ccccc3)c2)ncn1. The Kier molecular flexibility index (Phi) is 3.43. The fourth-order valence-electron chi connectivity index (χ4n) is 2.12. The molecule has 0 fully saturated rings. The number of carbonyl (C=O) groups is 1. The van der Waals surface area contributed by atoms with E-state index in [1.807, 2.05) is 54.6 Å². The van der Waals surface area contributed by atoms with Gasteiger partial charge in [0, 0.05) is 5.56 Å². The molecule has 0 unspecified atom stereocenters. The molecule has 0 radical (unpaired) electrons. The Balaban J connectivity index is 2.04. The van der Waals surface area contributed by atoms with Crippen molar-refractivity contribution in [2.45, 2.75) is 0 Å². The first kappa shape index (κ1) is 13.0. The quantitative estimate of drug-likeness (QED) is 0.795. The molecule has 0 aliphatic rings. The summed E-state index contributed by atoms with van der Waals surface area (Å²) in [6, 6.07) is 19.3. The number of carboxylic acid groups (broad SMARTS) is 1. The third-order valence-corrected chi connectivity index (χ3v) is 3.15. The van der Waals surface area contributed by atoms with Crippen molar-refractivity contribution in [1.29, 1.82) is 0 Å². The van der Waals surface area contributed by atoms with Gasteiger partial charge in [0.2, 0.25) is 0 Å². The Hall–Kier alpha value is -3.01. The first-order valence-electron chi connectivity index (χ1n) is 6.45. The van der Waals surface area contributed by atoms with E-state index in [0.717, 1.165) is 16.7 Å². The van der Waals surface area contributed by atoms with Crippen molar-refractivity contribution in [2.75, 3.05) is 0 Å². The predicted molar refractivity (Wildman–Crippen MR) is 79.9 cm³/mol. The van der Waals surface area contributed by atoms with Crippen molar-refractivity contribution in [3.63, 3.8) is 0 Å². The van der Waals surface area contributed by atoms with Gasteiger partial charge in [0.05, 0.1) is 5.69 Å². The number of benzene rings is 2. The number of aromatic nitrogens is 2. The average molecular weight is 276 g/mol. The lowest BCUT2D eigenvalue weighted by Gasteiger charge is -2.05. The molecule has 0 bridgehead atoms. The van der Waals surface area contributed by atoms with Crippen molar-refractivity contribution in [3.8, 4) is 22.4 Å². The van der Waals surface area contributed by atoms with Gasteiger partial charge >= 0.3 is 5.97 Å². The van der Waals surface area contributed by atoms with Crippen molar-refractivity contribution >= 4 is 5.97 Å². The lowest BCUT2D eigenvalue weighted by atomic mass is 10.0. The Morgan fingerprint density at radius 3 is 2.29 bits per heavy atom. The van der Waals surface area contributed by atoms with E-state index in [4.69, 9.17) is 5.11 Å². The van der Waals surface area contributed by atoms with Crippen LogP contribution in [0.2, 0.25) is 0 Å². The smallest absolute Gasteiger partial charge is 0.354 e. The molecule has 3 rings (SSSR count). The fourth-order valence-corrected chi connectivity index (χ4v) is 2.12. The average Bonchev–Trinajstić information content (AvgIpc) is 2.56. The molecule has 0 saturated heterocycles. The molecular formula is C17H12N2O2.